The fraction of sp³-hybridized carbons (Fsp3) is 0.231. The van der Waals surface area contributed by atoms with Crippen molar-refractivity contribution >= 4 is 44.6 Å². The molecule has 2 rings (SSSR count). The molecule has 0 bridgehead atoms. The van der Waals surface area contributed by atoms with Crippen molar-refractivity contribution in [2.24, 2.45) is 0 Å². The summed E-state index contributed by atoms with van der Waals surface area (Å²) in [6, 6.07) is 7.89. The quantitative estimate of drug-likeness (QED) is 0.806. The van der Waals surface area contributed by atoms with Gasteiger partial charge >= 0.3 is 0 Å². The number of methoxy groups -OCH3 is 1. The number of hydrogen-bond donors (Lipinski definition) is 1. The van der Waals surface area contributed by atoms with E-state index >= 15 is 0 Å². The minimum absolute atomic E-state index is 0.200. The number of rotatable bonds is 4. The summed E-state index contributed by atoms with van der Waals surface area (Å²) in [6.45, 7) is 2.11. The highest BCUT2D eigenvalue weighted by Gasteiger charge is 2.10. The molecular weight excluding hydrogens is 334 g/mol. The topological polar surface area (TPSA) is 21.3 Å². The van der Waals surface area contributed by atoms with E-state index in [-0.39, 0.29) is 6.04 Å². The van der Waals surface area contributed by atoms with Gasteiger partial charge in [-0.05, 0) is 41.1 Å². The number of anilines is 1. The second kappa shape index (κ2) is 5.95. The average molecular weight is 347 g/mol. The first-order valence-corrected chi connectivity index (χ1v) is 7.49. The Hall–Kier alpha value is -0.710. The third-order valence-electron chi connectivity index (χ3n) is 2.56. The lowest BCUT2D eigenvalue weighted by Gasteiger charge is -2.15. The Kier molecular flexibility index (Phi) is 4.54. The summed E-state index contributed by atoms with van der Waals surface area (Å²) in [7, 11) is 1.65. The van der Waals surface area contributed by atoms with Crippen LogP contribution in [0.3, 0.4) is 0 Å². The molecule has 18 heavy (non-hydrogen) atoms. The Bertz CT molecular complexity index is 544. The van der Waals surface area contributed by atoms with Crippen molar-refractivity contribution in [3.05, 3.63) is 44.0 Å². The summed E-state index contributed by atoms with van der Waals surface area (Å²) in [5.41, 5.74) is 0.882. The van der Waals surface area contributed by atoms with E-state index in [2.05, 4.69) is 39.6 Å². The predicted octanol–water partition coefficient (Wildman–Crippen LogP) is 5.35. The van der Waals surface area contributed by atoms with Gasteiger partial charge in [0.2, 0.25) is 0 Å². The van der Waals surface area contributed by atoms with E-state index in [9.17, 15) is 0 Å². The molecule has 96 valence electrons. The van der Waals surface area contributed by atoms with Gasteiger partial charge < -0.3 is 10.1 Å². The fourth-order valence-electron chi connectivity index (χ4n) is 1.60. The van der Waals surface area contributed by atoms with E-state index in [0.717, 1.165) is 15.9 Å². The minimum Gasteiger partial charge on any atom is -0.497 e. The summed E-state index contributed by atoms with van der Waals surface area (Å²) in [5, 5.41) is 6.16. The molecular formula is C13H13BrClNOS. The Morgan fingerprint density at radius 2 is 2.17 bits per heavy atom. The second-order valence-corrected chi connectivity index (χ2v) is 6.14. The van der Waals surface area contributed by atoms with Gasteiger partial charge in [0, 0.05) is 20.8 Å². The Morgan fingerprint density at radius 3 is 2.78 bits per heavy atom. The maximum atomic E-state index is 6.17. The molecule has 1 heterocycles. The summed E-state index contributed by atoms with van der Waals surface area (Å²) in [4.78, 5) is 1.25. The lowest BCUT2D eigenvalue weighted by atomic mass is 10.2. The standard InChI is InChI=1S/C13H13BrClNOS/c1-8(13-5-9(14)7-18-13)16-12-6-10(17-2)3-4-11(12)15/h3-8,16H,1-2H3. The SMILES string of the molecule is COc1ccc(Cl)c(NC(C)c2cc(Br)cs2)c1. The number of halogens is 2. The van der Waals surface area contributed by atoms with Gasteiger partial charge in [-0.3, -0.25) is 0 Å². The lowest BCUT2D eigenvalue weighted by Crippen LogP contribution is -2.05. The highest BCUT2D eigenvalue weighted by molar-refractivity contribution is 9.10. The molecule has 0 radical (unpaired) electrons. The maximum Gasteiger partial charge on any atom is 0.121 e. The van der Waals surface area contributed by atoms with Gasteiger partial charge in [0.1, 0.15) is 5.75 Å². The van der Waals surface area contributed by atoms with Crippen LogP contribution in [0.5, 0.6) is 5.75 Å². The van der Waals surface area contributed by atoms with Crippen LogP contribution in [0.2, 0.25) is 5.02 Å². The third-order valence-corrected chi connectivity index (χ3v) is 4.77. The van der Waals surface area contributed by atoms with E-state index in [0.29, 0.717) is 5.02 Å². The maximum absolute atomic E-state index is 6.17. The normalized spacial score (nSPS) is 12.2. The molecule has 2 nitrogen and oxygen atoms in total. The molecule has 1 N–H and O–H groups in total. The van der Waals surface area contributed by atoms with Crippen molar-refractivity contribution < 1.29 is 4.74 Å². The Labute approximate surface area is 124 Å². The van der Waals surface area contributed by atoms with Crippen LogP contribution in [0.1, 0.15) is 17.8 Å². The zero-order chi connectivity index (χ0) is 13.1. The molecule has 1 aromatic carbocycles. The number of ether oxygens (including phenoxy) is 1. The van der Waals surface area contributed by atoms with E-state index in [4.69, 9.17) is 16.3 Å². The number of thiophene rings is 1. The Morgan fingerprint density at radius 1 is 1.39 bits per heavy atom. The summed E-state index contributed by atoms with van der Waals surface area (Å²) >= 11 is 11.3. The summed E-state index contributed by atoms with van der Waals surface area (Å²) in [6.07, 6.45) is 0. The van der Waals surface area contributed by atoms with Crippen LogP contribution in [-0.4, -0.2) is 7.11 Å². The van der Waals surface area contributed by atoms with Gasteiger partial charge in [-0.15, -0.1) is 11.3 Å². The van der Waals surface area contributed by atoms with Gasteiger partial charge in [-0.1, -0.05) is 11.6 Å². The van der Waals surface area contributed by atoms with Crippen molar-refractivity contribution in [3.63, 3.8) is 0 Å². The molecule has 1 unspecified atom stereocenters. The number of benzene rings is 1. The highest BCUT2D eigenvalue weighted by Crippen LogP contribution is 2.32. The van der Waals surface area contributed by atoms with Crippen LogP contribution in [-0.2, 0) is 0 Å². The van der Waals surface area contributed by atoms with E-state index in [1.54, 1.807) is 18.4 Å². The zero-order valence-corrected chi connectivity index (χ0v) is 13.2. The van der Waals surface area contributed by atoms with E-state index in [1.807, 2.05) is 18.2 Å². The van der Waals surface area contributed by atoms with Crippen LogP contribution in [0.4, 0.5) is 5.69 Å². The van der Waals surface area contributed by atoms with Gasteiger partial charge in [0.25, 0.3) is 0 Å². The largest absolute Gasteiger partial charge is 0.497 e. The van der Waals surface area contributed by atoms with Gasteiger partial charge in [-0.2, -0.15) is 0 Å². The van der Waals surface area contributed by atoms with Crippen molar-refractivity contribution in [2.45, 2.75) is 13.0 Å². The first-order chi connectivity index (χ1) is 8.60. The zero-order valence-electron chi connectivity index (χ0n) is 10.0. The molecule has 0 aliphatic rings. The molecule has 0 saturated heterocycles. The van der Waals surface area contributed by atoms with Crippen molar-refractivity contribution in [1.82, 2.24) is 0 Å². The molecule has 2 aromatic rings. The summed E-state index contributed by atoms with van der Waals surface area (Å²) in [5.74, 6) is 0.793. The smallest absolute Gasteiger partial charge is 0.121 e. The molecule has 0 amide bonds. The first kappa shape index (κ1) is 13.7. The number of nitrogens with one attached hydrogen (secondary N) is 1. The lowest BCUT2D eigenvalue weighted by molar-refractivity contribution is 0.415. The van der Waals surface area contributed by atoms with Crippen molar-refractivity contribution in [2.75, 3.05) is 12.4 Å². The molecule has 1 atom stereocenters. The summed E-state index contributed by atoms with van der Waals surface area (Å²) < 4.78 is 6.30. The molecule has 5 heteroatoms. The third kappa shape index (κ3) is 3.19. The second-order valence-electron chi connectivity index (χ2n) is 3.88. The van der Waals surface area contributed by atoms with Crippen LogP contribution in [0, 0.1) is 0 Å². The fourth-order valence-corrected chi connectivity index (χ4v) is 3.23. The van der Waals surface area contributed by atoms with Crippen LogP contribution >= 0.6 is 38.9 Å². The molecule has 0 aliphatic heterocycles. The highest BCUT2D eigenvalue weighted by atomic mass is 79.9. The molecule has 1 aromatic heterocycles. The average Bonchev–Trinajstić information content (AvgIpc) is 2.79. The van der Waals surface area contributed by atoms with Gasteiger partial charge in [0.05, 0.1) is 23.9 Å². The molecule has 0 spiro atoms. The van der Waals surface area contributed by atoms with Crippen LogP contribution < -0.4 is 10.1 Å². The number of hydrogen-bond acceptors (Lipinski definition) is 3. The molecule has 0 saturated carbocycles. The van der Waals surface area contributed by atoms with Crippen molar-refractivity contribution in [1.29, 1.82) is 0 Å². The van der Waals surface area contributed by atoms with E-state index in [1.165, 1.54) is 4.88 Å². The first-order valence-electron chi connectivity index (χ1n) is 5.44. The minimum atomic E-state index is 0.200. The van der Waals surface area contributed by atoms with E-state index < -0.39 is 0 Å². The Balaban J connectivity index is 2.18. The van der Waals surface area contributed by atoms with Crippen molar-refractivity contribution in [3.8, 4) is 5.75 Å². The molecule has 0 fully saturated rings. The van der Waals surface area contributed by atoms with Gasteiger partial charge in [-0.25, -0.2) is 0 Å². The predicted molar refractivity (Wildman–Crippen MR) is 82.1 cm³/mol. The monoisotopic (exact) mass is 345 g/mol. The van der Waals surface area contributed by atoms with Crippen LogP contribution in [0.25, 0.3) is 0 Å². The van der Waals surface area contributed by atoms with Gasteiger partial charge in [0.15, 0.2) is 0 Å². The van der Waals surface area contributed by atoms with Crippen LogP contribution in [0.15, 0.2) is 34.1 Å². The molecule has 0 aliphatic carbocycles.